The third-order valence-corrected chi connectivity index (χ3v) is 21.1. The first-order valence-corrected chi connectivity index (χ1v) is 36.1. The monoisotopic (exact) mass is 1360 g/mol. The zero-order valence-electron chi connectivity index (χ0n) is 54.4. The molecule has 2 aliphatic carbocycles. The van der Waals surface area contributed by atoms with Crippen LogP contribution in [0.3, 0.4) is 0 Å². The van der Waals surface area contributed by atoms with Gasteiger partial charge in [0.05, 0.1) is 46.5 Å². The molecule has 6 aromatic rings. The van der Waals surface area contributed by atoms with Crippen LogP contribution in [-0.2, 0) is 28.4 Å². The summed E-state index contributed by atoms with van der Waals surface area (Å²) in [6.45, 7) is 21.5. The summed E-state index contributed by atoms with van der Waals surface area (Å²) in [5, 5.41) is 26.2. The fourth-order valence-electron chi connectivity index (χ4n) is 12.0. The Morgan fingerprint density at radius 2 is 1.03 bits per heavy atom. The number of nitrogens with two attached hydrogens (primary N) is 1. The van der Waals surface area contributed by atoms with E-state index in [2.05, 4.69) is 131 Å². The van der Waals surface area contributed by atoms with E-state index in [0.29, 0.717) is 72.8 Å². The summed E-state index contributed by atoms with van der Waals surface area (Å²) in [5.41, 5.74) is 16.1. The third-order valence-electron chi connectivity index (χ3n) is 17.3. The van der Waals surface area contributed by atoms with E-state index in [0.717, 1.165) is 96.0 Å². The summed E-state index contributed by atoms with van der Waals surface area (Å²) >= 11 is 17.6. The minimum Gasteiger partial charge on any atom is -0.662 e. The Balaban J connectivity index is 0.000000256. The second kappa shape index (κ2) is 32.9. The number of carbonyl (C=O) groups excluding carboxylic acids is 3. The number of halogens is 3. The number of hydrogen-bond acceptors (Lipinski definition) is 20. The molecule has 10 rings (SSSR count). The molecular weight excluding hydrogens is 1280 g/mol. The molecule has 4 aliphatic rings. The Morgan fingerprint density at radius 3 is 1.40 bits per heavy atom. The Labute approximate surface area is 578 Å². The van der Waals surface area contributed by atoms with Crippen molar-refractivity contribution in [3.8, 4) is 0 Å². The van der Waals surface area contributed by atoms with Crippen LogP contribution in [-0.4, -0.2) is 140 Å². The molecular formula is C65H84Cl3N14NaO7P2. The molecule has 2 spiro atoms. The van der Waals surface area contributed by atoms with E-state index >= 15 is 0 Å². The number of nitrogens with zero attached hydrogens (tertiary/aromatic N) is 8. The molecule has 4 heterocycles. The summed E-state index contributed by atoms with van der Waals surface area (Å²) < 4.78 is 25.6. The van der Waals surface area contributed by atoms with Crippen molar-refractivity contribution in [3.05, 3.63) is 132 Å². The van der Waals surface area contributed by atoms with E-state index in [1.807, 2.05) is 67.6 Å². The number of aromatic nitrogens is 4. The van der Waals surface area contributed by atoms with Gasteiger partial charge in [0.15, 0.2) is 11.6 Å². The second-order valence-corrected chi connectivity index (χ2v) is 32.4. The molecule has 92 heavy (non-hydrogen) atoms. The molecule has 27 heteroatoms. The zero-order valence-corrected chi connectivity index (χ0v) is 60.5. The van der Waals surface area contributed by atoms with Gasteiger partial charge >= 0.3 is 29.6 Å². The van der Waals surface area contributed by atoms with E-state index in [-0.39, 0.29) is 41.9 Å². The van der Waals surface area contributed by atoms with Gasteiger partial charge < -0.3 is 71.2 Å². The molecule has 7 N–H and O–H groups in total. The smallest absolute Gasteiger partial charge is 0.662 e. The van der Waals surface area contributed by atoms with Crippen LogP contribution in [0, 0.1) is 24.7 Å². The van der Waals surface area contributed by atoms with Crippen molar-refractivity contribution in [2.24, 2.45) is 10.8 Å². The van der Waals surface area contributed by atoms with Gasteiger partial charge in [0.1, 0.15) is 24.3 Å². The molecule has 4 aromatic carbocycles. The molecule has 2 saturated heterocycles. The number of hydrogen-bond donors (Lipinski definition) is 6. The summed E-state index contributed by atoms with van der Waals surface area (Å²) in [7, 11) is 3.67. The van der Waals surface area contributed by atoms with Gasteiger partial charge in [-0.3, -0.25) is 14.4 Å². The molecule has 2 aromatic heterocycles. The van der Waals surface area contributed by atoms with Crippen molar-refractivity contribution < 1.29 is 63.2 Å². The van der Waals surface area contributed by atoms with Crippen molar-refractivity contribution in [2.75, 3.05) is 123 Å². The molecule has 4 fully saturated rings. The van der Waals surface area contributed by atoms with Gasteiger partial charge in [0.25, 0.3) is 6.47 Å². The van der Waals surface area contributed by atoms with Gasteiger partial charge in [-0.25, -0.2) is 9.97 Å². The van der Waals surface area contributed by atoms with Gasteiger partial charge in [-0.05, 0) is 214 Å². The average Bonchev–Trinajstić information content (AvgIpc) is 0.773. The minimum atomic E-state index is -2.54. The Hall–Kier alpha value is -6.06. The number of nitrogens with one attached hydrogen (secondary N) is 5. The molecule has 2 saturated carbocycles. The number of para-hydroxylation sites is 2. The Morgan fingerprint density at radius 1 is 0.652 bits per heavy atom. The number of benzene rings is 4. The molecule has 21 nitrogen and oxygen atoms in total. The molecule has 1 amide bonds. The standard InChI is InChI=1S/C32H41ClN7O2P.C29H39ClN7OP.C3H3ClO.CH2O3.Na/c1-7-29(41)35-26-17-25(21(2)16-27(26)40-14-12-32(13-15-40)18-22(19-32)39(3)4)37-31-34-20-23(33)30(38-31)36-24-10-8-9-11-28(24)43(5,6)42;1-19-14-25(37-12-10-29(11-13-37)16-20(17-29)36(2)3)22(31)15-24(19)34-28-32-18-21(30)27(35-28)33-23-8-6-7-9-26(23)39(4,5)38;1-2-3(4)5;2-1-4-3;/h7-11,16-17,20,22H,1,12-15,18-19H2,2-6H3,(H,35,41)(H2,34,36,37,38);6-9,14-15,18,20H,10-13,16-17,31H2,1-5H3,(H2,32,33,34,35);2H,1H2;1,3H;/q;;;;+1/p-1. The summed E-state index contributed by atoms with van der Waals surface area (Å²) in [4.78, 5) is 60.7. The SMILES string of the molecule is C=CC(=O)Cl.C=CC(=O)Nc1cc(Nc2ncc(Cl)c(Nc3ccccc3P(C)(C)=O)n2)c(C)cc1N1CCC2(CC1)CC(N(C)C)C2.Cc1cc(N2CCC3(CC2)CC(N(C)C)C3)c(N)cc1Nc1ncc(Cl)c(Nc2ccccc2P(C)(C)=O)n1.O=CO[O-].[Na+]. The number of rotatable bonds is 18. The van der Waals surface area contributed by atoms with Crippen LogP contribution in [0.2, 0.25) is 10.0 Å². The maximum absolute atomic E-state index is 12.9. The summed E-state index contributed by atoms with van der Waals surface area (Å²) in [6, 6.07) is 24.5. The van der Waals surface area contributed by atoms with Crippen LogP contribution >= 0.6 is 49.1 Å². The van der Waals surface area contributed by atoms with Gasteiger partial charge in [-0.2, -0.15) is 9.97 Å². The summed E-state index contributed by atoms with van der Waals surface area (Å²) in [5.74, 6) is 1.29. The van der Waals surface area contributed by atoms with Crippen molar-refractivity contribution in [2.45, 2.75) is 77.3 Å². The predicted octanol–water partition coefficient (Wildman–Crippen LogP) is 9.05. The van der Waals surface area contributed by atoms with Gasteiger partial charge in [-0.15, -0.1) is 0 Å². The maximum atomic E-state index is 12.9. The largest absolute Gasteiger partial charge is 1.00 e. The average molecular weight is 1360 g/mol. The van der Waals surface area contributed by atoms with E-state index in [1.54, 1.807) is 32.9 Å². The number of piperidine rings is 2. The molecule has 0 bridgehead atoms. The number of carbonyl (C=O) groups is 3. The normalized spacial score (nSPS) is 15.7. The van der Waals surface area contributed by atoms with Crippen molar-refractivity contribution in [3.63, 3.8) is 0 Å². The number of anilines is 12. The van der Waals surface area contributed by atoms with Crippen LogP contribution in [0.15, 0.2) is 111 Å². The predicted molar refractivity (Wildman–Crippen MR) is 373 cm³/mol. The Bertz CT molecular complexity index is 3690. The van der Waals surface area contributed by atoms with Crippen molar-refractivity contribution in [1.82, 2.24) is 29.7 Å². The van der Waals surface area contributed by atoms with Crippen LogP contribution < -0.4 is 87.5 Å². The van der Waals surface area contributed by atoms with E-state index in [1.165, 1.54) is 50.8 Å². The molecule has 0 radical (unpaired) electrons. The van der Waals surface area contributed by atoms with Crippen LogP contribution in [0.5, 0.6) is 0 Å². The number of allylic oxidation sites excluding steroid dienone is 1. The van der Waals surface area contributed by atoms with Crippen LogP contribution in [0.4, 0.5) is 69.0 Å². The quantitative estimate of drug-likeness (QED) is 0.00684. The fraction of sp³-hybridized carbons (Fsp3) is 0.400. The van der Waals surface area contributed by atoms with Gasteiger partial charge in [-0.1, -0.05) is 60.6 Å². The molecule has 0 unspecified atom stereocenters. The first kappa shape index (κ1) is 75.0. The van der Waals surface area contributed by atoms with Crippen LogP contribution in [0.25, 0.3) is 0 Å². The fourth-order valence-corrected chi connectivity index (χ4v) is 14.6. The molecule has 488 valence electrons. The first-order chi connectivity index (χ1) is 43.0. The van der Waals surface area contributed by atoms with Crippen molar-refractivity contribution in [1.29, 1.82) is 0 Å². The minimum absolute atomic E-state index is 0. The number of aryl methyl sites for hydroxylation is 2. The van der Waals surface area contributed by atoms with Gasteiger partial charge in [0.2, 0.25) is 23.0 Å². The molecule has 2 aliphatic heterocycles. The van der Waals surface area contributed by atoms with E-state index in [9.17, 15) is 18.7 Å². The first-order valence-electron chi connectivity index (χ1n) is 29.8. The zero-order chi connectivity index (χ0) is 66.6. The number of nitrogen functional groups attached to an aromatic ring is 1. The van der Waals surface area contributed by atoms with Crippen molar-refractivity contribution >= 4 is 146 Å². The topological polar surface area (TPSA) is 268 Å². The van der Waals surface area contributed by atoms with E-state index < -0.39 is 19.5 Å². The maximum Gasteiger partial charge on any atom is 1.00 e. The summed E-state index contributed by atoms with van der Waals surface area (Å²) in [6.07, 6.45) is 15.3. The van der Waals surface area contributed by atoms with Gasteiger partial charge in [0, 0.05) is 60.2 Å². The molecule has 0 atom stereocenters. The van der Waals surface area contributed by atoms with Crippen LogP contribution in [0.1, 0.15) is 62.5 Å². The van der Waals surface area contributed by atoms with E-state index in [4.69, 9.17) is 50.6 Å². The number of amides is 1. The second-order valence-electron chi connectivity index (χ2n) is 24.8. The Kier molecular flexibility index (Phi) is 26.8. The third kappa shape index (κ3) is 19.8.